The van der Waals surface area contributed by atoms with Crippen molar-refractivity contribution < 1.29 is 8.42 Å². The highest BCUT2D eigenvalue weighted by atomic mass is 32.2. The van der Waals surface area contributed by atoms with Gasteiger partial charge < -0.3 is 5.32 Å². The number of nitrogens with one attached hydrogen (secondary N) is 2. The molecule has 0 bridgehead atoms. The normalized spacial score (nSPS) is 13.6. The summed E-state index contributed by atoms with van der Waals surface area (Å²) >= 11 is 0. The lowest BCUT2D eigenvalue weighted by molar-refractivity contribution is 0.570. The van der Waals surface area contributed by atoms with Crippen LogP contribution in [0.5, 0.6) is 0 Å². The molecule has 0 aliphatic carbocycles. The van der Waals surface area contributed by atoms with Gasteiger partial charge in [-0.1, -0.05) is 19.1 Å². The van der Waals surface area contributed by atoms with E-state index in [0.717, 1.165) is 6.42 Å². The Labute approximate surface area is 110 Å². The van der Waals surface area contributed by atoms with E-state index in [0.29, 0.717) is 10.6 Å². The van der Waals surface area contributed by atoms with E-state index in [-0.39, 0.29) is 12.1 Å². The van der Waals surface area contributed by atoms with Crippen LogP contribution in [0.2, 0.25) is 0 Å². The average molecular weight is 270 g/mol. The zero-order chi connectivity index (χ0) is 13.8. The summed E-state index contributed by atoms with van der Waals surface area (Å²) in [6.45, 7) is 7.70. The van der Waals surface area contributed by atoms with Crippen LogP contribution in [0.3, 0.4) is 0 Å². The Morgan fingerprint density at radius 3 is 2.33 bits per heavy atom. The smallest absolute Gasteiger partial charge is 0.242 e. The molecule has 5 heteroatoms. The summed E-state index contributed by atoms with van der Waals surface area (Å²) in [4.78, 5) is 0.305. The molecule has 4 nitrogen and oxygen atoms in total. The van der Waals surface area contributed by atoms with E-state index in [4.69, 9.17) is 0 Å². The Kier molecular flexibility index (Phi) is 5.16. The summed E-state index contributed by atoms with van der Waals surface area (Å²) in [5.74, 6) is 0. The first kappa shape index (κ1) is 15.0. The zero-order valence-corrected chi connectivity index (χ0v) is 12.2. The van der Waals surface area contributed by atoms with Crippen LogP contribution in [-0.4, -0.2) is 20.5 Å². The molecule has 0 saturated heterocycles. The van der Waals surface area contributed by atoms with Crippen molar-refractivity contribution in [2.45, 2.75) is 51.1 Å². The fourth-order valence-corrected chi connectivity index (χ4v) is 2.98. The van der Waals surface area contributed by atoms with Crippen molar-refractivity contribution in [2.75, 3.05) is 5.32 Å². The Morgan fingerprint density at radius 2 is 1.78 bits per heavy atom. The Hall–Kier alpha value is -1.07. The van der Waals surface area contributed by atoms with Crippen LogP contribution in [0.25, 0.3) is 0 Å². The van der Waals surface area contributed by atoms with Crippen molar-refractivity contribution in [3.8, 4) is 0 Å². The van der Waals surface area contributed by atoms with Gasteiger partial charge in [-0.15, -0.1) is 0 Å². The molecule has 18 heavy (non-hydrogen) atoms. The minimum Gasteiger partial charge on any atom is -0.382 e. The molecule has 0 amide bonds. The minimum absolute atomic E-state index is 0.119. The number of hydrogen-bond acceptors (Lipinski definition) is 3. The van der Waals surface area contributed by atoms with Crippen LogP contribution in [0.4, 0.5) is 5.69 Å². The maximum absolute atomic E-state index is 12.2. The first-order chi connectivity index (χ1) is 8.36. The topological polar surface area (TPSA) is 58.2 Å². The second-order valence-electron chi connectivity index (χ2n) is 4.73. The second kappa shape index (κ2) is 6.20. The number of sulfonamides is 1. The molecule has 0 fully saturated rings. The first-order valence-electron chi connectivity index (χ1n) is 6.24. The van der Waals surface area contributed by atoms with Crippen LogP contribution >= 0.6 is 0 Å². The molecular formula is C13H22N2O2S. The van der Waals surface area contributed by atoms with Crippen molar-refractivity contribution in [1.82, 2.24) is 4.72 Å². The number of para-hydroxylation sites is 1. The Balaban J connectivity index is 3.09. The highest BCUT2D eigenvalue weighted by molar-refractivity contribution is 7.89. The van der Waals surface area contributed by atoms with Gasteiger partial charge in [0.25, 0.3) is 0 Å². The lowest BCUT2D eigenvalue weighted by atomic mass is 10.2. The van der Waals surface area contributed by atoms with Crippen molar-refractivity contribution in [1.29, 1.82) is 0 Å². The Morgan fingerprint density at radius 1 is 1.17 bits per heavy atom. The standard InChI is InChI=1S/C13H22N2O2S/c1-5-11(4)14-12-8-6-7-9-13(12)18(16,17)15-10(2)3/h6-11,14-15H,5H2,1-4H3. The lowest BCUT2D eigenvalue weighted by Crippen LogP contribution is -2.31. The van der Waals surface area contributed by atoms with Gasteiger partial charge in [-0.25, -0.2) is 13.1 Å². The van der Waals surface area contributed by atoms with Crippen LogP contribution in [-0.2, 0) is 10.0 Å². The maximum atomic E-state index is 12.2. The number of rotatable bonds is 6. The molecule has 0 aromatic heterocycles. The van der Waals surface area contributed by atoms with Gasteiger partial charge in [0.15, 0.2) is 0 Å². The second-order valence-corrected chi connectivity index (χ2v) is 6.41. The van der Waals surface area contributed by atoms with E-state index in [1.54, 1.807) is 18.2 Å². The molecule has 0 saturated carbocycles. The molecule has 0 radical (unpaired) electrons. The van der Waals surface area contributed by atoms with E-state index in [1.807, 2.05) is 26.8 Å². The van der Waals surface area contributed by atoms with Crippen molar-refractivity contribution in [2.24, 2.45) is 0 Å². The van der Waals surface area contributed by atoms with E-state index in [1.165, 1.54) is 0 Å². The van der Waals surface area contributed by atoms with Crippen LogP contribution in [0, 0.1) is 0 Å². The number of hydrogen-bond donors (Lipinski definition) is 2. The van der Waals surface area contributed by atoms with Gasteiger partial charge >= 0.3 is 0 Å². The third kappa shape index (κ3) is 3.99. The molecular weight excluding hydrogens is 248 g/mol. The van der Waals surface area contributed by atoms with Gasteiger partial charge in [0.1, 0.15) is 4.90 Å². The summed E-state index contributed by atoms with van der Waals surface area (Å²) in [7, 11) is -3.46. The zero-order valence-electron chi connectivity index (χ0n) is 11.4. The molecule has 1 rings (SSSR count). The summed E-state index contributed by atoms with van der Waals surface area (Å²) in [6, 6.07) is 7.10. The average Bonchev–Trinajstić information content (AvgIpc) is 2.27. The van der Waals surface area contributed by atoms with E-state index < -0.39 is 10.0 Å². The minimum atomic E-state index is -3.46. The molecule has 0 spiro atoms. The molecule has 0 aliphatic heterocycles. The molecule has 1 atom stereocenters. The van der Waals surface area contributed by atoms with E-state index >= 15 is 0 Å². The van der Waals surface area contributed by atoms with Gasteiger partial charge in [0.05, 0.1) is 5.69 Å². The van der Waals surface area contributed by atoms with Gasteiger partial charge in [0, 0.05) is 12.1 Å². The lowest BCUT2D eigenvalue weighted by Gasteiger charge is -2.17. The summed E-state index contributed by atoms with van der Waals surface area (Å²) < 4.78 is 27.0. The van der Waals surface area contributed by atoms with Gasteiger partial charge in [-0.2, -0.15) is 0 Å². The van der Waals surface area contributed by atoms with Gasteiger partial charge in [-0.3, -0.25) is 0 Å². The van der Waals surface area contributed by atoms with E-state index in [9.17, 15) is 8.42 Å². The third-order valence-electron chi connectivity index (χ3n) is 2.58. The summed E-state index contributed by atoms with van der Waals surface area (Å²) in [5.41, 5.74) is 0.653. The predicted octanol–water partition coefficient (Wildman–Crippen LogP) is 2.58. The summed E-state index contributed by atoms with van der Waals surface area (Å²) in [6.07, 6.45) is 0.936. The predicted molar refractivity (Wildman–Crippen MR) is 75.3 cm³/mol. The molecule has 2 N–H and O–H groups in total. The molecule has 102 valence electrons. The monoisotopic (exact) mass is 270 g/mol. The molecule has 0 heterocycles. The largest absolute Gasteiger partial charge is 0.382 e. The molecule has 0 aliphatic rings. The number of benzene rings is 1. The fraction of sp³-hybridized carbons (Fsp3) is 0.538. The highest BCUT2D eigenvalue weighted by Gasteiger charge is 2.19. The first-order valence-corrected chi connectivity index (χ1v) is 7.73. The van der Waals surface area contributed by atoms with Crippen LogP contribution < -0.4 is 10.0 Å². The SMILES string of the molecule is CCC(C)Nc1ccccc1S(=O)(=O)NC(C)C. The third-order valence-corrected chi connectivity index (χ3v) is 4.30. The molecule has 1 unspecified atom stereocenters. The van der Waals surface area contributed by atoms with Gasteiger partial charge in [0.2, 0.25) is 10.0 Å². The van der Waals surface area contributed by atoms with Crippen molar-refractivity contribution in [3.63, 3.8) is 0 Å². The van der Waals surface area contributed by atoms with Crippen molar-refractivity contribution >= 4 is 15.7 Å². The Bertz CT molecular complexity index is 484. The summed E-state index contributed by atoms with van der Waals surface area (Å²) in [5, 5.41) is 3.22. The van der Waals surface area contributed by atoms with E-state index in [2.05, 4.69) is 17.0 Å². The fourth-order valence-electron chi connectivity index (χ4n) is 1.56. The van der Waals surface area contributed by atoms with Crippen LogP contribution in [0.1, 0.15) is 34.1 Å². The van der Waals surface area contributed by atoms with Gasteiger partial charge in [-0.05, 0) is 39.3 Å². The molecule has 1 aromatic rings. The molecule has 1 aromatic carbocycles. The number of anilines is 1. The quantitative estimate of drug-likeness (QED) is 0.835. The maximum Gasteiger partial charge on any atom is 0.242 e. The van der Waals surface area contributed by atoms with Crippen molar-refractivity contribution in [3.05, 3.63) is 24.3 Å². The highest BCUT2D eigenvalue weighted by Crippen LogP contribution is 2.22. The van der Waals surface area contributed by atoms with Crippen LogP contribution in [0.15, 0.2) is 29.2 Å².